The summed E-state index contributed by atoms with van der Waals surface area (Å²) in [5, 5.41) is 0. The highest BCUT2D eigenvalue weighted by Gasteiger charge is 2.45. The van der Waals surface area contributed by atoms with Gasteiger partial charge in [0, 0.05) is 6.21 Å². The number of carbonyl (C=O) groups is 1. The van der Waals surface area contributed by atoms with Crippen LogP contribution in [0.2, 0.25) is 0 Å². The van der Waals surface area contributed by atoms with Crippen molar-refractivity contribution in [3.63, 3.8) is 0 Å². The van der Waals surface area contributed by atoms with Crippen molar-refractivity contribution < 1.29 is 26.8 Å². The van der Waals surface area contributed by atoms with E-state index in [1.165, 1.54) is 12.3 Å². The number of aromatic nitrogens is 1. The number of benzene rings is 1. The molecule has 0 aliphatic heterocycles. The maximum absolute atomic E-state index is 13.7. The first-order chi connectivity index (χ1) is 14.5. The van der Waals surface area contributed by atoms with Gasteiger partial charge in [0.15, 0.2) is 5.69 Å². The second kappa shape index (κ2) is 9.20. The minimum absolute atomic E-state index is 0.100. The predicted octanol–water partition coefficient (Wildman–Crippen LogP) is 4.37. The van der Waals surface area contributed by atoms with E-state index >= 15 is 0 Å². The second-order valence-electron chi connectivity index (χ2n) is 7.84. The van der Waals surface area contributed by atoms with Gasteiger partial charge in [-0.1, -0.05) is 6.07 Å². The number of nitrogens with zero attached hydrogens (tertiary/aromatic N) is 2. The van der Waals surface area contributed by atoms with Gasteiger partial charge in [-0.15, -0.1) is 0 Å². The van der Waals surface area contributed by atoms with Crippen LogP contribution in [0.15, 0.2) is 31.5 Å². The Kier molecular flexibility index (Phi) is 7.00. The Morgan fingerprint density at radius 2 is 2.23 bits per heavy atom. The van der Waals surface area contributed by atoms with Crippen LogP contribution >= 0.6 is 15.9 Å². The van der Waals surface area contributed by atoms with Gasteiger partial charge in [-0.2, -0.15) is 4.40 Å². The molecule has 0 N–H and O–H groups in total. The van der Waals surface area contributed by atoms with Gasteiger partial charge in [0.2, 0.25) is 15.9 Å². The zero-order valence-corrected chi connectivity index (χ0v) is 19.9. The Balaban J connectivity index is 1.99. The zero-order valence-electron chi connectivity index (χ0n) is 17.5. The lowest BCUT2D eigenvalue weighted by Gasteiger charge is -2.26. The molecule has 1 aliphatic carbocycles. The first-order valence-electron chi connectivity index (χ1n) is 9.87. The van der Waals surface area contributed by atoms with Crippen molar-refractivity contribution >= 4 is 38.1 Å². The number of ether oxygens (including phenoxy) is 1. The lowest BCUT2D eigenvalue weighted by molar-refractivity contribution is 0.0518. The molecular formula is C21H24BrFN2O5S. The van der Waals surface area contributed by atoms with Gasteiger partial charge in [-0.3, -0.25) is 0 Å². The predicted molar refractivity (Wildman–Crippen MR) is 117 cm³/mol. The molecule has 0 radical (unpaired) electrons. The minimum atomic E-state index is -3.48. The number of hydrogen-bond acceptors (Lipinski definition) is 6. The molecule has 1 fully saturated rings. The summed E-state index contributed by atoms with van der Waals surface area (Å²) in [5.74, 6) is -0.260. The van der Waals surface area contributed by atoms with Crippen molar-refractivity contribution in [1.82, 2.24) is 4.98 Å². The number of halogens is 2. The molecule has 0 amide bonds. The number of carbonyl (C=O) groups excluding carboxylic acids is 1. The third kappa shape index (κ3) is 5.60. The van der Waals surface area contributed by atoms with Crippen LogP contribution in [0.4, 0.5) is 4.39 Å². The van der Waals surface area contributed by atoms with Crippen molar-refractivity contribution in [3.05, 3.63) is 51.4 Å². The van der Waals surface area contributed by atoms with Gasteiger partial charge in [-0.05, 0) is 79.1 Å². The van der Waals surface area contributed by atoms with Gasteiger partial charge in [0.1, 0.15) is 11.6 Å². The first kappa shape index (κ1) is 23.6. The molecule has 2 atom stereocenters. The Morgan fingerprint density at radius 3 is 2.87 bits per heavy atom. The summed E-state index contributed by atoms with van der Waals surface area (Å²) in [6, 6.07) is 4.79. The van der Waals surface area contributed by atoms with Crippen LogP contribution in [-0.4, -0.2) is 38.4 Å². The summed E-state index contributed by atoms with van der Waals surface area (Å²) in [5.41, 5.74) is 0.397. The SMILES string of the molecule is CCOC(=O)c1nc([C@@]2(Cc3ccc(F)c(Br)c3)CCC(/C=N\S(C)(=O)=O)C2)oc1C. The Hall–Kier alpha value is -2.07. The van der Waals surface area contributed by atoms with E-state index in [0.29, 0.717) is 41.8 Å². The molecule has 1 aromatic carbocycles. The van der Waals surface area contributed by atoms with Crippen LogP contribution in [0.25, 0.3) is 0 Å². The molecule has 0 spiro atoms. The van der Waals surface area contributed by atoms with E-state index in [1.807, 2.05) is 0 Å². The van der Waals surface area contributed by atoms with Crippen molar-refractivity contribution in [2.45, 2.75) is 44.9 Å². The molecule has 2 aromatic rings. The van der Waals surface area contributed by atoms with Gasteiger partial charge in [0.25, 0.3) is 0 Å². The number of esters is 1. The Labute approximate surface area is 189 Å². The standard InChI is InChI=1S/C21H24BrFN2O5S/c1-4-29-19(26)18-13(2)30-20(25-18)21(10-14-5-6-17(23)16(22)9-14)8-7-15(11-21)12-24-31(3,27)28/h5-6,9,12,15H,4,7-8,10-11H2,1-3H3/b24-12-/t15?,21-/m1/s1. The second-order valence-corrected chi connectivity index (χ2v) is 10.4. The van der Waals surface area contributed by atoms with E-state index in [2.05, 4.69) is 25.3 Å². The molecule has 7 nitrogen and oxygen atoms in total. The summed E-state index contributed by atoms with van der Waals surface area (Å²) in [6.45, 7) is 3.59. The maximum Gasteiger partial charge on any atom is 0.360 e. The number of aryl methyl sites for hydroxylation is 1. The third-order valence-electron chi connectivity index (χ3n) is 5.36. The van der Waals surface area contributed by atoms with Crippen LogP contribution in [0, 0.1) is 18.7 Å². The highest BCUT2D eigenvalue weighted by molar-refractivity contribution is 9.10. The van der Waals surface area contributed by atoms with E-state index in [-0.39, 0.29) is 24.0 Å². The number of hydrogen-bond donors (Lipinski definition) is 0. The average Bonchev–Trinajstić information content (AvgIpc) is 3.27. The molecule has 10 heteroatoms. The van der Waals surface area contributed by atoms with Crippen molar-refractivity contribution in [2.75, 3.05) is 12.9 Å². The molecule has 0 saturated heterocycles. The van der Waals surface area contributed by atoms with Crippen LogP contribution in [0.5, 0.6) is 0 Å². The molecular weight excluding hydrogens is 491 g/mol. The third-order valence-corrected chi connectivity index (χ3v) is 6.47. The smallest absolute Gasteiger partial charge is 0.360 e. The van der Waals surface area contributed by atoms with Crippen molar-refractivity contribution in [2.24, 2.45) is 10.3 Å². The van der Waals surface area contributed by atoms with Crippen LogP contribution in [-0.2, 0) is 26.6 Å². The number of sulfonamides is 1. The fourth-order valence-electron chi connectivity index (χ4n) is 3.97. The maximum atomic E-state index is 13.7. The summed E-state index contributed by atoms with van der Waals surface area (Å²) < 4.78 is 51.6. The van der Waals surface area contributed by atoms with E-state index in [0.717, 1.165) is 11.8 Å². The first-order valence-corrected chi connectivity index (χ1v) is 12.5. The fraction of sp³-hybridized carbons (Fsp3) is 0.476. The molecule has 3 rings (SSSR count). The minimum Gasteiger partial charge on any atom is -0.461 e. The van der Waals surface area contributed by atoms with Gasteiger partial charge < -0.3 is 9.15 Å². The molecule has 31 heavy (non-hydrogen) atoms. The normalized spacial score (nSPS) is 21.6. The summed E-state index contributed by atoms with van der Waals surface area (Å²) in [6.07, 6.45) is 4.84. The highest BCUT2D eigenvalue weighted by Crippen LogP contribution is 2.46. The molecule has 0 bridgehead atoms. The number of rotatable bonds is 7. The van der Waals surface area contributed by atoms with E-state index in [4.69, 9.17) is 9.15 Å². The van der Waals surface area contributed by atoms with Crippen LogP contribution in [0.1, 0.15) is 53.9 Å². The Morgan fingerprint density at radius 1 is 1.48 bits per heavy atom. The average molecular weight is 515 g/mol. The lowest BCUT2D eigenvalue weighted by atomic mass is 9.79. The van der Waals surface area contributed by atoms with Crippen LogP contribution in [0.3, 0.4) is 0 Å². The zero-order chi connectivity index (χ0) is 22.8. The van der Waals surface area contributed by atoms with Gasteiger partial charge in [0.05, 0.1) is 22.8 Å². The van der Waals surface area contributed by atoms with Crippen molar-refractivity contribution in [3.8, 4) is 0 Å². The number of oxazole rings is 1. The quantitative estimate of drug-likeness (QED) is 0.401. The topological polar surface area (TPSA) is 98.8 Å². The molecule has 1 aromatic heterocycles. The fourth-order valence-corrected chi connectivity index (χ4v) is 4.79. The van der Waals surface area contributed by atoms with E-state index < -0.39 is 21.4 Å². The van der Waals surface area contributed by atoms with E-state index in [9.17, 15) is 17.6 Å². The van der Waals surface area contributed by atoms with Crippen molar-refractivity contribution in [1.29, 1.82) is 0 Å². The molecule has 168 valence electrons. The monoisotopic (exact) mass is 514 g/mol. The largest absolute Gasteiger partial charge is 0.461 e. The molecule has 1 heterocycles. The highest BCUT2D eigenvalue weighted by atomic mass is 79.9. The summed E-state index contributed by atoms with van der Waals surface area (Å²) >= 11 is 3.22. The molecule has 1 unspecified atom stereocenters. The van der Waals surface area contributed by atoms with Gasteiger partial charge in [-0.25, -0.2) is 22.6 Å². The van der Waals surface area contributed by atoms with Crippen LogP contribution < -0.4 is 0 Å². The summed E-state index contributed by atoms with van der Waals surface area (Å²) in [7, 11) is -3.48. The molecule has 1 saturated carbocycles. The summed E-state index contributed by atoms with van der Waals surface area (Å²) in [4.78, 5) is 16.7. The Bertz CT molecular complexity index is 1110. The molecule has 1 aliphatic rings. The van der Waals surface area contributed by atoms with E-state index in [1.54, 1.807) is 26.0 Å². The lowest BCUT2D eigenvalue weighted by Crippen LogP contribution is -2.27. The van der Waals surface area contributed by atoms with Gasteiger partial charge >= 0.3 is 5.97 Å².